The third-order valence-corrected chi connectivity index (χ3v) is 7.99. The Balaban J connectivity index is 1.47. The predicted molar refractivity (Wildman–Crippen MR) is 142 cm³/mol. The Morgan fingerprint density at radius 2 is 1.76 bits per heavy atom. The number of hydrogen-bond donors (Lipinski definition) is 0. The van der Waals surface area contributed by atoms with Crippen LogP contribution in [0.4, 0.5) is 5.82 Å². The molecule has 4 heterocycles. The number of carbonyl (C=O) groups is 2. The van der Waals surface area contributed by atoms with Crippen molar-refractivity contribution < 1.29 is 9.59 Å². The summed E-state index contributed by atoms with van der Waals surface area (Å²) >= 11 is 0. The summed E-state index contributed by atoms with van der Waals surface area (Å²) in [6.45, 7) is 10.2. The predicted octanol–water partition coefficient (Wildman–Crippen LogP) is 2.10. The van der Waals surface area contributed by atoms with Crippen LogP contribution in [0.2, 0.25) is 0 Å². The number of rotatable bonds is 5. The normalized spacial score (nSPS) is 20.8. The maximum absolute atomic E-state index is 12.9. The number of amides is 2. The van der Waals surface area contributed by atoms with Crippen LogP contribution in [0.1, 0.15) is 65.8 Å². The molecule has 0 N–H and O–H groups in total. The van der Waals surface area contributed by atoms with Crippen LogP contribution in [0.15, 0.2) is 23.0 Å². The highest BCUT2D eigenvalue weighted by atomic mass is 16.2. The number of imide groups is 1. The lowest BCUT2D eigenvalue weighted by molar-refractivity contribution is 0.0693. The molecule has 0 radical (unpaired) electrons. The molecule has 3 atom stereocenters. The fraction of sp³-hybridized carbons (Fsp3) is 0.481. The van der Waals surface area contributed by atoms with Gasteiger partial charge in [0.15, 0.2) is 5.82 Å². The second-order valence-corrected chi connectivity index (χ2v) is 10.3. The second-order valence-electron chi connectivity index (χ2n) is 10.3. The summed E-state index contributed by atoms with van der Waals surface area (Å²) < 4.78 is 3.41. The van der Waals surface area contributed by atoms with Crippen LogP contribution < -0.4 is 10.6 Å². The van der Waals surface area contributed by atoms with Gasteiger partial charge in [-0.1, -0.05) is 6.07 Å². The summed E-state index contributed by atoms with van der Waals surface area (Å²) in [5.41, 5.74) is 2.82. The van der Waals surface area contributed by atoms with Crippen molar-refractivity contribution in [1.82, 2.24) is 28.9 Å². The number of hydrogen-bond acceptors (Lipinski definition) is 8. The first-order valence-corrected chi connectivity index (χ1v) is 12.9. The number of anilines is 1. The molecule has 0 aliphatic carbocycles. The first kappa shape index (κ1) is 25.6. The maximum atomic E-state index is 12.9. The zero-order valence-corrected chi connectivity index (χ0v) is 22.6. The first-order valence-electron chi connectivity index (χ1n) is 12.9. The lowest BCUT2D eigenvalue weighted by Gasteiger charge is -2.47. The van der Waals surface area contributed by atoms with Gasteiger partial charge in [-0.3, -0.25) is 24.0 Å². The summed E-state index contributed by atoms with van der Waals surface area (Å²) in [6, 6.07) is 7.81. The first-order chi connectivity index (χ1) is 18.1. The minimum absolute atomic E-state index is 0.00635. The lowest BCUT2D eigenvalue weighted by atomic mass is 9.97. The Hall–Kier alpha value is -4.04. The molecule has 0 spiro atoms. The van der Waals surface area contributed by atoms with Crippen LogP contribution >= 0.6 is 0 Å². The van der Waals surface area contributed by atoms with Crippen LogP contribution in [-0.2, 0) is 20.0 Å². The van der Waals surface area contributed by atoms with Crippen LogP contribution in [-0.4, -0.2) is 72.9 Å². The molecule has 11 heteroatoms. The fourth-order valence-electron chi connectivity index (χ4n) is 5.85. The molecular formula is C27H32N8O3. The summed E-state index contributed by atoms with van der Waals surface area (Å²) in [7, 11) is 3.19. The summed E-state index contributed by atoms with van der Waals surface area (Å²) in [5.74, 6) is 0.632. The van der Waals surface area contributed by atoms with E-state index >= 15 is 0 Å². The van der Waals surface area contributed by atoms with Gasteiger partial charge in [0.2, 0.25) is 0 Å². The summed E-state index contributed by atoms with van der Waals surface area (Å²) in [5, 5.41) is 9.31. The van der Waals surface area contributed by atoms with Gasteiger partial charge in [-0.05, 0) is 45.4 Å². The minimum Gasteiger partial charge on any atom is -0.349 e. The van der Waals surface area contributed by atoms with Crippen molar-refractivity contribution >= 4 is 28.8 Å². The van der Waals surface area contributed by atoms with Gasteiger partial charge in [0.1, 0.15) is 17.0 Å². The molecule has 11 nitrogen and oxygen atoms in total. The van der Waals surface area contributed by atoms with Crippen molar-refractivity contribution in [3.63, 3.8) is 0 Å². The topological polar surface area (TPSA) is 120 Å². The largest absolute Gasteiger partial charge is 0.350 e. The SMILES string of the molecule is CCn1c(CC#N)nc2c(N3C[C@@H](C)N(C(C)c4ccc5c(c4)C(=O)N(C)C5=O)C[C@@H]3C)nc(=O)n(C)c21. The van der Waals surface area contributed by atoms with Crippen molar-refractivity contribution in [1.29, 1.82) is 5.26 Å². The molecule has 3 aromatic rings. The Bertz CT molecular complexity index is 1560. The number of nitriles is 1. The van der Waals surface area contributed by atoms with Gasteiger partial charge < -0.3 is 9.47 Å². The van der Waals surface area contributed by atoms with Gasteiger partial charge in [0, 0.05) is 51.9 Å². The quantitative estimate of drug-likeness (QED) is 0.473. The number of fused-ring (bicyclic) bond motifs is 2. The van der Waals surface area contributed by atoms with E-state index in [1.165, 1.54) is 11.6 Å². The number of carbonyl (C=O) groups excluding carboxylic acids is 2. The average Bonchev–Trinajstić information content (AvgIpc) is 3.37. The third-order valence-electron chi connectivity index (χ3n) is 7.99. The standard InChI is InChI=1S/C27H32N8O3/c1-7-33-21(10-11-28)29-22-23(30-27(38)31(5)24(22)33)35-14-15(2)34(13-16(35)3)17(4)18-8-9-19-20(12-18)26(37)32(6)25(19)36/h8-9,12,15-17H,7,10,13-14H2,1-6H3/t15-,16+,17?/m1/s1. The zero-order valence-electron chi connectivity index (χ0n) is 22.6. The van der Waals surface area contributed by atoms with Crippen LogP contribution in [0.3, 0.4) is 0 Å². The summed E-state index contributed by atoms with van der Waals surface area (Å²) in [4.78, 5) is 52.6. The maximum Gasteiger partial charge on any atom is 0.350 e. The van der Waals surface area contributed by atoms with Gasteiger partial charge in [0.05, 0.1) is 23.6 Å². The smallest absolute Gasteiger partial charge is 0.349 e. The number of nitrogens with zero attached hydrogens (tertiary/aromatic N) is 8. The van der Waals surface area contributed by atoms with E-state index in [2.05, 4.69) is 41.6 Å². The molecule has 38 heavy (non-hydrogen) atoms. The Kier molecular flexibility index (Phi) is 6.31. The van der Waals surface area contributed by atoms with Crippen molar-refractivity contribution in [2.24, 2.45) is 7.05 Å². The third kappa shape index (κ3) is 3.79. The molecule has 1 saturated heterocycles. The molecule has 1 aromatic carbocycles. The molecule has 1 unspecified atom stereocenters. The Morgan fingerprint density at radius 1 is 1.05 bits per heavy atom. The molecule has 0 saturated carbocycles. The van der Waals surface area contributed by atoms with E-state index in [1.807, 2.05) is 23.6 Å². The molecule has 2 aliphatic rings. The highest BCUT2D eigenvalue weighted by molar-refractivity contribution is 6.21. The van der Waals surface area contributed by atoms with E-state index in [1.54, 1.807) is 13.1 Å². The molecular weight excluding hydrogens is 484 g/mol. The van der Waals surface area contributed by atoms with Crippen molar-refractivity contribution in [3.05, 3.63) is 51.2 Å². The Labute approximate surface area is 220 Å². The average molecular weight is 517 g/mol. The summed E-state index contributed by atoms with van der Waals surface area (Å²) in [6.07, 6.45) is 0.151. The van der Waals surface area contributed by atoms with Crippen LogP contribution in [0.5, 0.6) is 0 Å². The second kappa shape index (κ2) is 9.36. The number of imidazole rings is 1. The van der Waals surface area contributed by atoms with Gasteiger partial charge in [0.25, 0.3) is 11.8 Å². The van der Waals surface area contributed by atoms with E-state index < -0.39 is 0 Å². The number of aryl methyl sites for hydroxylation is 2. The molecule has 0 bridgehead atoms. The van der Waals surface area contributed by atoms with Gasteiger partial charge >= 0.3 is 5.69 Å². The fourth-order valence-corrected chi connectivity index (χ4v) is 5.85. The molecule has 2 aliphatic heterocycles. The zero-order chi connectivity index (χ0) is 27.5. The van der Waals surface area contributed by atoms with E-state index in [9.17, 15) is 19.6 Å². The number of benzene rings is 1. The molecule has 5 rings (SSSR count). The van der Waals surface area contributed by atoms with E-state index in [-0.39, 0.29) is 42.1 Å². The highest BCUT2D eigenvalue weighted by Crippen LogP contribution is 2.33. The van der Waals surface area contributed by atoms with Gasteiger partial charge in [-0.25, -0.2) is 9.78 Å². The van der Waals surface area contributed by atoms with Crippen LogP contribution in [0.25, 0.3) is 11.2 Å². The Morgan fingerprint density at radius 3 is 2.45 bits per heavy atom. The number of aromatic nitrogens is 4. The molecule has 198 valence electrons. The van der Waals surface area contributed by atoms with Gasteiger partial charge in [-0.15, -0.1) is 0 Å². The number of piperazine rings is 1. The van der Waals surface area contributed by atoms with E-state index in [0.29, 0.717) is 53.6 Å². The highest BCUT2D eigenvalue weighted by Gasteiger charge is 2.37. The molecule has 1 fully saturated rings. The van der Waals surface area contributed by atoms with Gasteiger partial charge in [-0.2, -0.15) is 10.2 Å². The molecule has 2 amide bonds. The monoisotopic (exact) mass is 516 g/mol. The van der Waals surface area contributed by atoms with Crippen molar-refractivity contribution in [3.8, 4) is 6.07 Å². The van der Waals surface area contributed by atoms with Crippen molar-refractivity contribution in [2.75, 3.05) is 25.0 Å². The van der Waals surface area contributed by atoms with E-state index in [4.69, 9.17) is 4.98 Å². The van der Waals surface area contributed by atoms with E-state index in [0.717, 1.165) is 10.5 Å². The van der Waals surface area contributed by atoms with Crippen LogP contribution in [0, 0.1) is 11.3 Å². The molecule has 2 aromatic heterocycles. The van der Waals surface area contributed by atoms with Crippen molar-refractivity contribution in [2.45, 2.75) is 58.8 Å². The minimum atomic E-state index is -0.358. The lowest BCUT2D eigenvalue weighted by Crippen LogP contribution is -2.57.